The average Bonchev–Trinajstić information content (AvgIpc) is 2.00. The molecule has 0 amide bonds. The first kappa shape index (κ1) is 9.52. The van der Waals surface area contributed by atoms with Gasteiger partial charge in [-0.25, -0.2) is 4.79 Å². The smallest absolute Gasteiger partial charge is 0.331 e. The summed E-state index contributed by atoms with van der Waals surface area (Å²) in [6.45, 7) is 0.795. The van der Waals surface area contributed by atoms with Crippen LogP contribution in [0, 0.1) is 5.92 Å². The Morgan fingerprint density at radius 1 is 1.50 bits per heavy atom. The zero-order chi connectivity index (χ0) is 8.81. The van der Waals surface area contributed by atoms with Crippen LogP contribution in [0.1, 0.15) is 25.7 Å². The van der Waals surface area contributed by atoms with Crippen LogP contribution in [0.25, 0.3) is 0 Å². The van der Waals surface area contributed by atoms with Gasteiger partial charge in [0.05, 0.1) is 7.11 Å². The molecule has 1 saturated carbocycles. The molecule has 1 fully saturated rings. The molecule has 0 aliphatic heterocycles. The van der Waals surface area contributed by atoms with Crippen molar-refractivity contribution in [2.45, 2.75) is 25.7 Å². The van der Waals surface area contributed by atoms with E-state index in [0.717, 1.165) is 12.3 Å². The fourth-order valence-electron chi connectivity index (χ4n) is 1.25. The van der Waals surface area contributed by atoms with Crippen molar-refractivity contribution in [3.05, 3.63) is 0 Å². The molecule has 0 spiro atoms. The lowest BCUT2D eigenvalue weighted by molar-refractivity contribution is -0.146. The van der Waals surface area contributed by atoms with E-state index in [-0.39, 0.29) is 12.6 Å². The summed E-state index contributed by atoms with van der Waals surface area (Å²) in [5, 5.41) is 0. The van der Waals surface area contributed by atoms with Gasteiger partial charge in [0.2, 0.25) is 0 Å². The van der Waals surface area contributed by atoms with Crippen molar-refractivity contribution in [3.8, 4) is 0 Å². The lowest BCUT2D eigenvalue weighted by Gasteiger charge is -2.24. The second-order valence-electron chi connectivity index (χ2n) is 3.21. The minimum absolute atomic E-state index is 0.100. The van der Waals surface area contributed by atoms with Gasteiger partial charge in [0, 0.05) is 6.61 Å². The van der Waals surface area contributed by atoms with Gasteiger partial charge in [-0.2, -0.15) is 0 Å². The lowest BCUT2D eigenvalue weighted by atomic mass is 9.83. The van der Waals surface area contributed by atoms with Gasteiger partial charge in [-0.15, -0.1) is 0 Å². The van der Waals surface area contributed by atoms with Gasteiger partial charge in [-0.1, -0.05) is 19.3 Å². The van der Waals surface area contributed by atoms with Crippen LogP contribution in [0.2, 0.25) is 0 Å². The van der Waals surface area contributed by atoms with Crippen LogP contribution in [0.15, 0.2) is 0 Å². The Hall–Kier alpha value is -0.570. The highest BCUT2D eigenvalue weighted by molar-refractivity contribution is 5.70. The molecule has 1 aliphatic carbocycles. The highest BCUT2D eigenvalue weighted by Crippen LogP contribution is 2.28. The molecule has 1 aliphatic rings. The molecule has 70 valence electrons. The van der Waals surface area contributed by atoms with E-state index in [0.29, 0.717) is 6.61 Å². The van der Waals surface area contributed by atoms with Crippen LogP contribution in [0.4, 0.5) is 0 Å². The zero-order valence-corrected chi connectivity index (χ0v) is 7.54. The summed E-state index contributed by atoms with van der Waals surface area (Å²) >= 11 is 0. The van der Waals surface area contributed by atoms with Gasteiger partial charge in [0.15, 0.2) is 0 Å². The van der Waals surface area contributed by atoms with Gasteiger partial charge in [0.25, 0.3) is 0 Å². The molecule has 0 heterocycles. The van der Waals surface area contributed by atoms with Gasteiger partial charge in [-0.3, -0.25) is 0 Å². The normalized spacial score (nSPS) is 17.1. The van der Waals surface area contributed by atoms with Crippen LogP contribution in [0.3, 0.4) is 0 Å². The van der Waals surface area contributed by atoms with E-state index in [4.69, 9.17) is 4.74 Å². The van der Waals surface area contributed by atoms with Crippen LogP contribution >= 0.6 is 0 Å². The molecule has 0 aromatic rings. The molecule has 3 nitrogen and oxygen atoms in total. The summed E-state index contributed by atoms with van der Waals surface area (Å²) < 4.78 is 9.55. The topological polar surface area (TPSA) is 35.5 Å². The van der Waals surface area contributed by atoms with E-state index in [1.807, 2.05) is 0 Å². The number of esters is 1. The molecule has 1 rings (SSSR count). The van der Waals surface area contributed by atoms with E-state index in [1.165, 1.54) is 26.4 Å². The molecular formula is C9H16O3. The van der Waals surface area contributed by atoms with Crippen LogP contribution in [-0.2, 0) is 14.3 Å². The molecule has 0 bridgehead atoms. The number of hydrogen-bond acceptors (Lipinski definition) is 3. The maximum Gasteiger partial charge on any atom is 0.331 e. The fraction of sp³-hybridized carbons (Fsp3) is 0.889. The standard InChI is InChI=1S/C9H16O3/c1-11-9(10)7-12-6-5-8-3-2-4-8/h8H,2-7H2,1H3. The van der Waals surface area contributed by atoms with Crippen molar-refractivity contribution in [1.82, 2.24) is 0 Å². The van der Waals surface area contributed by atoms with Crippen LogP contribution in [0.5, 0.6) is 0 Å². The van der Waals surface area contributed by atoms with Crippen molar-refractivity contribution in [3.63, 3.8) is 0 Å². The predicted molar refractivity (Wildman–Crippen MR) is 44.8 cm³/mol. The Morgan fingerprint density at radius 3 is 2.75 bits per heavy atom. The van der Waals surface area contributed by atoms with Crippen molar-refractivity contribution in [1.29, 1.82) is 0 Å². The molecule has 3 heteroatoms. The quantitative estimate of drug-likeness (QED) is 0.464. The van der Waals surface area contributed by atoms with E-state index in [9.17, 15) is 4.79 Å². The number of rotatable bonds is 5. The average molecular weight is 172 g/mol. The Labute approximate surface area is 73.0 Å². The molecule has 0 aromatic heterocycles. The molecular weight excluding hydrogens is 156 g/mol. The Kier molecular flexibility index (Phi) is 4.08. The number of carbonyl (C=O) groups is 1. The predicted octanol–water partition coefficient (Wildman–Crippen LogP) is 1.37. The minimum atomic E-state index is -0.288. The second kappa shape index (κ2) is 5.14. The Bertz CT molecular complexity index is 141. The molecule has 12 heavy (non-hydrogen) atoms. The van der Waals surface area contributed by atoms with Gasteiger partial charge in [-0.05, 0) is 12.3 Å². The Morgan fingerprint density at radius 2 is 2.25 bits per heavy atom. The molecule has 0 N–H and O–H groups in total. The SMILES string of the molecule is COC(=O)COCCC1CCC1. The molecule has 0 saturated heterocycles. The number of carbonyl (C=O) groups excluding carboxylic acids is 1. The van der Waals surface area contributed by atoms with E-state index >= 15 is 0 Å². The van der Waals surface area contributed by atoms with Crippen LogP contribution < -0.4 is 0 Å². The third-order valence-electron chi connectivity index (χ3n) is 2.34. The molecule has 0 aromatic carbocycles. The monoisotopic (exact) mass is 172 g/mol. The van der Waals surface area contributed by atoms with E-state index < -0.39 is 0 Å². The minimum Gasteiger partial charge on any atom is -0.467 e. The first-order valence-electron chi connectivity index (χ1n) is 4.47. The summed E-state index contributed by atoms with van der Waals surface area (Å²) in [6, 6.07) is 0. The number of hydrogen-bond donors (Lipinski definition) is 0. The van der Waals surface area contributed by atoms with E-state index in [2.05, 4.69) is 4.74 Å². The lowest BCUT2D eigenvalue weighted by Crippen LogP contribution is -2.16. The zero-order valence-electron chi connectivity index (χ0n) is 7.54. The van der Waals surface area contributed by atoms with Gasteiger partial charge in [0.1, 0.15) is 6.61 Å². The third-order valence-corrected chi connectivity index (χ3v) is 2.34. The summed E-state index contributed by atoms with van der Waals surface area (Å²) in [6.07, 6.45) is 5.13. The number of methoxy groups -OCH3 is 1. The molecule has 0 atom stereocenters. The Balaban J connectivity index is 1.85. The second-order valence-corrected chi connectivity index (χ2v) is 3.21. The van der Waals surface area contributed by atoms with Crippen LogP contribution in [-0.4, -0.2) is 26.3 Å². The number of ether oxygens (including phenoxy) is 2. The summed E-state index contributed by atoms with van der Waals surface area (Å²) in [4.78, 5) is 10.6. The maximum absolute atomic E-state index is 10.6. The first-order chi connectivity index (χ1) is 5.83. The third kappa shape index (κ3) is 3.22. The summed E-state index contributed by atoms with van der Waals surface area (Å²) in [7, 11) is 1.37. The molecule has 0 radical (unpaired) electrons. The van der Waals surface area contributed by atoms with Crippen molar-refractivity contribution >= 4 is 5.97 Å². The van der Waals surface area contributed by atoms with Crippen molar-refractivity contribution in [2.24, 2.45) is 5.92 Å². The maximum atomic E-state index is 10.6. The highest BCUT2D eigenvalue weighted by atomic mass is 16.6. The fourth-order valence-corrected chi connectivity index (χ4v) is 1.25. The largest absolute Gasteiger partial charge is 0.467 e. The van der Waals surface area contributed by atoms with Gasteiger partial charge < -0.3 is 9.47 Å². The van der Waals surface area contributed by atoms with Gasteiger partial charge >= 0.3 is 5.97 Å². The summed E-state index contributed by atoms with van der Waals surface area (Å²) in [5.41, 5.74) is 0. The highest BCUT2D eigenvalue weighted by Gasteiger charge is 2.16. The van der Waals surface area contributed by atoms with Crippen molar-refractivity contribution < 1.29 is 14.3 Å². The summed E-state index contributed by atoms with van der Waals surface area (Å²) in [5.74, 6) is 0.561. The molecule has 0 unspecified atom stereocenters. The van der Waals surface area contributed by atoms with Crippen molar-refractivity contribution in [2.75, 3.05) is 20.3 Å². The van der Waals surface area contributed by atoms with E-state index in [1.54, 1.807) is 0 Å². The first-order valence-corrected chi connectivity index (χ1v) is 4.47.